The Hall–Kier alpha value is -1.16. The summed E-state index contributed by atoms with van der Waals surface area (Å²) < 4.78 is 27.6. The van der Waals surface area contributed by atoms with Gasteiger partial charge >= 0.3 is 0 Å². The molecular weight excluding hydrogens is 417 g/mol. The van der Waals surface area contributed by atoms with Crippen LogP contribution in [0.3, 0.4) is 0 Å². The van der Waals surface area contributed by atoms with Gasteiger partial charge in [0.05, 0.1) is 9.92 Å². The van der Waals surface area contributed by atoms with E-state index in [1.54, 1.807) is 24.3 Å². The number of hydrogen-bond acceptors (Lipinski definition) is 6. The monoisotopic (exact) mass is 431 g/mol. The second-order valence-corrected chi connectivity index (χ2v) is 9.39. The van der Waals surface area contributed by atoms with E-state index in [2.05, 4.69) is 10.5 Å². The van der Waals surface area contributed by atoms with E-state index < -0.39 is 10.0 Å². The fourth-order valence-electron chi connectivity index (χ4n) is 2.54. The summed E-state index contributed by atoms with van der Waals surface area (Å²) in [7, 11) is -3.77. The van der Waals surface area contributed by atoms with E-state index in [4.69, 9.17) is 23.2 Å². The molecule has 0 atom stereocenters. The lowest BCUT2D eigenvalue weighted by Gasteiger charge is -2.27. The highest BCUT2D eigenvalue weighted by atomic mass is 35.5. The van der Waals surface area contributed by atoms with Gasteiger partial charge in [0.1, 0.15) is 5.69 Å². The first-order valence-corrected chi connectivity index (χ1v) is 10.7. The Kier molecular flexibility index (Phi) is 6.21. The molecule has 1 aliphatic rings. The largest absolute Gasteiger partial charge is 0.314 e. The molecule has 1 aliphatic heterocycles. The van der Waals surface area contributed by atoms with E-state index in [0.717, 1.165) is 0 Å². The van der Waals surface area contributed by atoms with Crippen LogP contribution in [0, 0.1) is 4.91 Å². The van der Waals surface area contributed by atoms with Crippen LogP contribution >= 0.6 is 35.0 Å². The molecule has 0 amide bonds. The molecule has 0 saturated carbocycles. The average molecular weight is 432 g/mol. The lowest BCUT2D eigenvalue weighted by atomic mass is 10.3. The van der Waals surface area contributed by atoms with Crippen molar-refractivity contribution in [3.63, 3.8) is 0 Å². The number of rotatable bonds is 5. The molecule has 10 heteroatoms. The molecule has 1 N–H and O–H groups in total. The highest BCUT2D eigenvalue weighted by molar-refractivity contribution is 8.00. The minimum Gasteiger partial charge on any atom is -0.314 e. The molecule has 2 aromatic carbocycles. The maximum Gasteiger partial charge on any atom is 0.244 e. The number of benzene rings is 2. The van der Waals surface area contributed by atoms with Crippen molar-refractivity contribution in [1.82, 2.24) is 9.62 Å². The summed E-state index contributed by atoms with van der Waals surface area (Å²) in [5.74, 6) is 0. The number of hydrogen-bond donors (Lipinski definition) is 1. The van der Waals surface area contributed by atoms with Crippen LogP contribution in [0.15, 0.2) is 56.3 Å². The molecule has 3 rings (SSSR count). The van der Waals surface area contributed by atoms with E-state index in [1.165, 1.54) is 28.2 Å². The second kappa shape index (κ2) is 8.24. The van der Waals surface area contributed by atoms with Crippen molar-refractivity contribution in [3.05, 3.63) is 51.4 Å². The minimum atomic E-state index is -3.77. The molecule has 0 spiro atoms. The van der Waals surface area contributed by atoms with Crippen LogP contribution in [-0.2, 0) is 10.0 Å². The molecular formula is C16H15Cl2N3O3S2. The molecule has 138 valence electrons. The number of sulfonamides is 1. The molecule has 2 aromatic rings. The van der Waals surface area contributed by atoms with Crippen LogP contribution in [0.25, 0.3) is 0 Å². The number of nitrogens with one attached hydrogen (secondary N) is 1. The van der Waals surface area contributed by atoms with E-state index in [-0.39, 0.29) is 10.6 Å². The van der Waals surface area contributed by atoms with Crippen LogP contribution in [0.5, 0.6) is 0 Å². The quantitative estimate of drug-likeness (QED) is 0.719. The zero-order valence-corrected chi connectivity index (χ0v) is 16.6. The van der Waals surface area contributed by atoms with Crippen LogP contribution in [0.4, 0.5) is 5.69 Å². The normalized spacial score (nSPS) is 15.8. The van der Waals surface area contributed by atoms with Gasteiger partial charge in [-0.15, -0.1) is 4.91 Å². The Morgan fingerprint density at radius 1 is 1.04 bits per heavy atom. The van der Waals surface area contributed by atoms with Crippen LogP contribution < -0.4 is 5.32 Å². The summed E-state index contributed by atoms with van der Waals surface area (Å²) in [5, 5.41) is 6.94. The number of nitrogens with zero attached hydrogens (tertiary/aromatic N) is 2. The fraction of sp³-hybridized carbons (Fsp3) is 0.250. The van der Waals surface area contributed by atoms with Crippen molar-refractivity contribution >= 4 is 50.7 Å². The first-order chi connectivity index (χ1) is 12.4. The summed E-state index contributed by atoms with van der Waals surface area (Å²) in [6.07, 6.45) is 0. The molecule has 0 aromatic heterocycles. The van der Waals surface area contributed by atoms with Crippen LogP contribution in [0.2, 0.25) is 10.0 Å². The summed E-state index contributed by atoms with van der Waals surface area (Å²) >= 11 is 13.4. The zero-order valence-electron chi connectivity index (χ0n) is 13.5. The van der Waals surface area contributed by atoms with E-state index >= 15 is 0 Å². The highest BCUT2D eigenvalue weighted by Gasteiger charge is 2.29. The van der Waals surface area contributed by atoms with E-state index in [9.17, 15) is 13.3 Å². The topological polar surface area (TPSA) is 78.8 Å². The molecule has 0 bridgehead atoms. The molecule has 0 radical (unpaired) electrons. The third-order valence-electron chi connectivity index (χ3n) is 3.84. The second-order valence-electron chi connectivity index (χ2n) is 5.55. The van der Waals surface area contributed by atoms with Gasteiger partial charge in [-0.25, -0.2) is 8.42 Å². The number of piperazine rings is 1. The van der Waals surface area contributed by atoms with Gasteiger partial charge in [0, 0.05) is 41.0 Å². The highest BCUT2D eigenvalue weighted by Crippen LogP contribution is 2.40. The molecule has 1 saturated heterocycles. The molecule has 0 aliphatic carbocycles. The molecule has 26 heavy (non-hydrogen) atoms. The van der Waals surface area contributed by atoms with Crippen molar-refractivity contribution in [2.24, 2.45) is 5.18 Å². The third kappa shape index (κ3) is 4.21. The molecule has 1 heterocycles. The summed E-state index contributed by atoms with van der Waals surface area (Å²) in [5.41, 5.74) is 0.0558. The molecule has 6 nitrogen and oxygen atoms in total. The Labute approximate surface area is 165 Å². The van der Waals surface area contributed by atoms with Gasteiger partial charge in [-0.3, -0.25) is 0 Å². The summed E-state index contributed by atoms with van der Waals surface area (Å²) in [4.78, 5) is 12.0. The lowest BCUT2D eigenvalue weighted by molar-refractivity contribution is 0.359. The smallest absolute Gasteiger partial charge is 0.244 e. The van der Waals surface area contributed by atoms with E-state index in [1.807, 2.05) is 0 Å². The first kappa shape index (κ1) is 19.6. The summed E-state index contributed by atoms with van der Waals surface area (Å²) in [6.45, 7) is 1.88. The number of halogens is 2. The van der Waals surface area contributed by atoms with Crippen molar-refractivity contribution in [2.75, 3.05) is 26.2 Å². The Bertz CT molecular complexity index is 932. The number of nitroso groups, excluding NO2 is 1. The third-order valence-corrected chi connectivity index (χ3v) is 7.72. The minimum absolute atomic E-state index is 0.0394. The predicted octanol–water partition coefficient (Wildman–Crippen LogP) is 4.14. The van der Waals surface area contributed by atoms with Gasteiger partial charge in [0.2, 0.25) is 10.0 Å². The van der Waals surface area contributed by atoms with Gasteiger partial charge in [-0.05, 0) is 41.6 Å². The maximum atomic E-state index is 13.1. The SMILES string of the molecule is O=Nc1ccc(Sc2cc(Cl)ccc2Cl)c(S(=O)(=O)N2CCNCC2)c1. The Morgan fingerprint density at radius 3 is 2.46 bits per heavy atom. The van der Waals surface area contributed by atoms with E-state index in [0.29, 0.717) is 46.0 Å². The van der Waals surface area contributed by atoms with Crippen molar-refractivity contribution in [1.29, 1.82) is 0 Å². The van der Waals surface area contributed by atoms with Crippen molar-refractivity contribution in [2.45, 2.75) is 14.7 Å². The molecule has 1 fully saturated rings. The average Bonchev–Trinajstić information content (AvgIpc) is 2.65. The first-order valence-electron chi connectivity index (χ1n) is 7.73. The van der Waals surface area contributed by atoms with Crippen molar-refractivity contribution in [3.8, 4) is 0 Å². The summed E-state index contributed by atoms with van der Waals surface area (Å²) in [6, 6.07) is 9.31. The Balaban J connectivity index is 2.05. The predicted molar refractivity (Wildman–Crippen MR) is 104 cm³/mol. The van der Waals surface area contributed by atoms with Gasteiger partial charge in [-0.1, -0.05) is 35.0 Å². The Morgan fingerprint density at radius 2 is 1.77 bits per heavy atom. The van der Waals surface area contributed by atoms with Crippen LogP contribution in [-0.4, -0.2) is 38.9 Å². The molecule has 0 unspecified atom stereocenters. The van der Waals surface area contributed by atoms with Gasteiger partial charge in [0.25, 0.3) is 0 Å². The lowest BCUT2D eigenvalue weighted by Crippen LogP contribution is -2.46. The van der Waals surface area contributed by atoms with Gasteiger partial charge < -0.3 is 5.32 Å². The van der Waals surface area contributed by atoms with Gasteiger partial charge in [0.15, 0.2) is 0 Å². The zero-order chi connectivity index (χ0) is 18.7. The fourth-order valence-corrected chi connectivity index (χ4v) is 5.87. The van der Waals surface area contributed by atoms with Crippen LogP contribution in [0.1, 0.15) is 0 Å². The van der Waals surface area contributed by atoms with Gasteiger partial charge in [-0.2, -0.15) is 4.31 Å². The van der Waals surface area contributed by atoms with Crippen molar-refractivity contribution < 1.29 is 8.42 Å². The maximum absolute atomic E-state index is 13.1. The standard InChI is InChI=1S/C16H15Cl2N3O3S2/c17-11-1-3-13(18)15(9-11)25-14-4-2-12(20-22)10-16(14)26(23,24)21-7-5-19-6-8-21/h1-4,9-10,19H,5-8H2.